The minimum atomic E-state index is 0.0152. The van der Waals surface area contributed by atoms with Crippen LogP contribution < -0.4 is 0 Å². The number of nitrogens with zero attached hydrogens (tertiary/aromatic N) is 1. The van der Waals surface area contributed by atoms with Crippen molar-refractivity contribution in [3.05, 3.63) is 35.1 Å². The van der Waals surface area contributed by atoms with E-state index in [0.29, 0.717) is 5.92 Å². The van der Waals surface area contributed by atoms with Gasteiger partial charge in [0.25, 0.3) is 0 Å². The first-order chi connectivity index (χ1) is 8.22. The van der Waals surface area contributed by atoms with Gasteiger partial charge in [0.2, 0.25) is 0 Å². The summed E-state index contributed by atoms with van der Waals surface area (Å²) in [6, 6.07) is 5.79. The molecule has 1 aromatic rings. The van der Waals surface area contributed by atoms with Crippen molar-refractivity contribution in [2.75, 3.05) is 19.6 Å². The zero-order valence-corrected chi connectivity index (χ0v) is 10.9. The molecule has 1 aliphatic rings. The fourth-order valence-corrected chi connectivity index (χ4v) is 2.77. The van der Waals surface area contributed by atoms with E-state index >= 15 is 0 Å². The fourth-order valence-electron chi connectivity index (χ4n) is 2.77. The van der Waals surface area contributed by atoms with Crippen LogP contribution in [0.1, 0.15) is 43.2 Å². The first kappa shape index (κ1) is 12.6. The highest BCUT2D eigenvalue weighted by Gasteiger charge is 2.22. The molecule has 0 N–H and O–H groups in total. The van der Waals surface area contributed by atoms with Gasteiger partial charge in [-0.15, -0.1) is 0 Å². The van der Waals surface area contributed by atoms with Crippen molar-refractivity contribution in [1.82, 2.24) is 4.90 Å². The summed E-state index contributed by atoms with van der Waals surface area (Å²) in [5.41, 5.74) is 1.71. The Balaban J connectivity index is 2.03. The summed E-state index contributed by atoms with van der Waals surface area (Å²) in [5.74, 6) is 0.435. The van der Waals surface area contributed by atoms with Gasteiger partial charge in [-0.2, -0.15) is 0 Å². The van der Waals surface area contributed by atoms with E-state index in [1.54, 1.807) is 0 Å². The van der Waals surface area contributed by atoms with Crippen LogP contribution in [0.3, 0.4) is 0 Å². The lowest BCUT2D eigenvalue weighted by molar-refractivity contribution is 0.211. The Morgan fingerprint density at radius 1 is 1.29 bits per heavy atom. The molecule has 1 saturated heterocycles. The lowest BCUT2D eigenvalue weighted by Gasteiger charge is -2.32. The van der Waals surface area contributed by atoms with Gasteiger partial charge in [-0.05, 0) is 62.9 Å². The predicted octanol–water partition coefficient (Wildman–Crippen LogP) is 3.72. The van der Waals surface area contributed by atoms with Gasteiger partial charge in [0, 0.05) is 0 Å². The van der Waals surface area contributed by atoms with E-state index in [1.807, 2.05) is 25.1 Å². The quantitative estimate of drug-likeness (QED) is 0.771. The van der Waals surface area contributed by atoms with E-state index in [9.17, 15) is 4.39 Å². The summed E-state index contributed by atoms with van der Waals surface area (Å²) in [6.45, 7) is 7.48. The zero-order valence-electron chi connectivity index (χ0n) is 10.9. The summed E-state index contributed by atoms with van der Waals surface area (Å²) in [6.07, 6.45) is 3.41. The van der Waals surface area contributed by atoms with E-state index in [4.69, 9.17) is 0 Å². The highest BCUT2D eigenvalue weighted by molar-refractivity contribution is 5.28. The highest BCUT2D eigenvalue weighted by atomic mass is 19.1. The maximum absolute atomic E-state index is 14.0. The maximum Gasteiger partial charge on any atom is 0.129 e. The first-order valence-electron chi connectivity index (χ1n) is 6.69. The van der Waals surface area contributed by atoms with Crippen molar-refractivity contribution >= 4 is 0 Å². The zero-order chi connectivity index (χ0) is 12.3. The third-order valence-electron chi connectivity index (χ3n) is 3.79. The third-order valence-corrected chi connectivity index (χ3v) is 3.79. The monoisotopic (exact) mass is 235 g/mol. The molecule has 0 bridgehead atoms. The highest BCUT2D eigenvalue weighted by Crippen LogP contribution is 2.30. The number of hydrogen-bond acceptors (Lipinski definition) is 1. The lowest BCUT2D eigenvalue weighted by Crippen LogP contribution is -2.33. The van der Waals surface area contributed by atoms with Gasteiger partial charge in [-0.1, -0.05) is 25.1 Å². The molecule has 0 unspecified atom stereocenters. The summed E-state index contributed by atoms with van der Waals surface area (Å²) >= 11 is 0. The molecule has 1 heterocycles. The van der Waals surface area contributed by atoms with E-state index in [1.165, 1.54) is 13.0 Å². The Hall–Kier alpha value is -0.890. The molecule has 0 saturated carbocycles. The minimum absolute atomic E-state index is 0.0152. The Morgan fingerprint density at radius 2 is 2.00 bits per heavy atom. The van der Waals surface area contributed by atoms with E-state index in [0.717, 1.165) is 37.1 Å². The van der Waals surface area contributed by atoms with Crippen molar-refractivity contribution in [3.63, 3.8) is 0 Å². The largest absolute Gasteiger partial charge is 0.303 e. The van der Waals surface area contributed by atoms with Gasteiger partial charge in [-0.3, -0.25) is 0 Å². The number of halogens is 1. The van der Waals surface area contributed by atoms with Crippen LogP contribution in [0.15, 0.2) is 18.2 Å². The van der Waals surface area contributed by atoms with Crippen LogP contribution in [0, 0.1) is 12.7 Å². The van der Waals surface area contributed by atoms with Crippen molar-refractivity contribution in [2.45, 2.75) is 39.0 Å². The molecule has 1 fully saturated rings. The molecule has 0 aliphatic carbocycles. The van der Waals surface area contributed by atoms with Crippen LogP contribution in [0.2, 0.25) is 0 Å². The molecule has 0 amide bonds. The second-order valence-corrected chi connectivity index (χ2v) is 5.09. The molecule has 0 atom stereocenters. The molecule has 0 radical (unpaired) electrons. The third kappa shape index (κ3) is 2.86. The molecule has 1 aromatic carbocycles. The number of rotatable bonds is 3. The average Bonchev–Trinajstić information content (AvgIpc) is 2.34. The second kappa shape index (κ2) is 5.63. The molecular weight excluding hydrogens is 213 g/mol. The van der Waals surface area contributed by atoms with Crippen molar-refractivity contribution in [3.8, 4) is 0 Å². The predicted molar refractivity (Wildman–Crippen MR) is 69.8 cm³/mol. The molecule has 17 heavy (non-hydrogen) atoms. The summed E-state index contributed by atoms with van der Waals surface area (Å²) in [7, 11) is 0. The van der Waals surface area contributed by atoms with Crippen LogP contribution in [-0.2, 0) is 0 Å². The SMILES string of the molecule is CCCN1CCC(c2cccc(C)c2F)CC1. The Labute approximate surface area is 104 Å². The van der Waals surface area contributed by atoms with Crippen molar-refractivity contribution in [1.29, 1.82) is 0 Å². The Kier molecular flexibility index (Phi) is 4.16. The molecule has 0 aromatic heterocycles. The Bertz CT molecular complexity index is 367. The maximum atomic E-state index is 14.0. The minimum Gasteiger partial charge on any atom is -0.303 e. The summed E-state index contributed by atoms with van der Waals surface area (Å²) in [5, 5.41) is 0. The van der Waals surface area contributed by atoms with Crippen LogP contribution in [-0.4, -0.2) is 24.5 Å². The van der Waals surface area contributed by atoms with Gasteiger partial charge < -0.3 is 4.90 Å². The number of benzene rings is 1. The number of likely N-dealkylation sites (tertiary alicyclic amines) is 1. The summed E-state index contributed by atoms with van der Waals surface area (Å²) < 4.78 is 14.0. The van der Waals surface area contributed by atoms with Gasteiger partial charge in [0.05, 0.1) is 0 Å². The van der Waals surface area contributed by atoms with E-state index < -0.39 is 0 Å². The topological polar surface area (TPSA) is 3.24 Å². The van der Waals surface area contributed by atoms with E-state index in [-0.39, 0.29) is 5.82 Å². The average molecular weight is 235 g/mol. The standard InChI is InChI=1S/C15H22FN/c1-3-9-17-10-7-13(8-11-17)14-6-4-5-12(2)15(14)16/h4-6,13H,3,7-11H2,1-2H3. The second-order valence-electron chi connectivity index (χ2n) is 5.09. The summed E-state index contributed by atoms with van der Waals surface area (Å²) in [4.78, 5) is 2.49. The van der Waals surface area contributed by atoms with Gasteiger partial charge >= 0.3 is 0 Å². The molecule has 2 heteroatoms. The lowest BCUT2D eigenvalue weighted by atomic mass is 9.88. The Morgan fingerprint density at radius 3 is 2.65 bits per heavy atom. The fraction of sp³-hybridized carbons (Fsp3) is 0.600. The van der Waals surface area contributed by atoms with Crippen LogP contribution in [0.5, 0.6) is 0 Å². The molecule has 1 aliphatic heterocycles. The van der Waals surface area contributed by atoms with Crippen molar-refractivity contribution < 1.29 is 4.39 Å². The smallest absolute Gasteiger partial charge is 0.129 e. The van der Waals surface area contributed by atoms with Crippen LogP contribution >= 0.6 is 0 Å². The molecule has 1 nitrogen and oxygen atoms in total. The number of piperidine rings is 1. The molecular formula is C15H22FN. The molecule has 94 valence electrons. The molecule has 0 spiro atoms. The van der Waals surface area contributed by atoms with Crippen molar-refractivity contribution in [2.24, 2.45) is 0 Å². The van der Waals surface area contributed by atoms with Crippen LogP contribution in [0.25, 0.3) is 0 Å². The first-order valence-corrected chi connectivity index (χ1v) is 6.69. The van der Waals surface area contributed by atoms with E-state index in [2.05, 4.69) is 11.8 Å². The normalized spacial score (nSPS) is 18.5. The number of hydrogen-bond donors (Lipinski definition) is 0. The van der Waals surface area contributed by atoms with Crippen LogP contribution in [0.4, 0.5) is 4.39 Å². The van der Waals surface area contributed by atoms with Gasteiger partial charge in [-0.25, -0.2) is 4.39 Å². The van der Waals surface area contributed by atoms with Gasteiger partial charge in [0.1, 0.15) is 5.82 Å². The number of aryl methyl sites for hydroxylation is 1. The van der Waals surface area contributed by atoms with Gasteiger partial charge in [0.15, 0.2) is 0 Å². The molecule has 2 rings (SSSR count).